The highest BCUT2D eigenvalue weighted by Crippen LogP contribution is 2.37. The maximum atomic E-state index is 12.8. The van der Waals surface area contributed by atoms with Crippen molar-refractivity contribution in [1.29, 1.82) is 0 Å². The number of carbonyl (C=O) groups is 1. The largest absolute Gasteiger partial charge is 0.496 e. The monoisotopic (exact) mass is 364 g/mol. The van der Waals surface area contributed by atoms with Crippen molar-refractivity contribution in [2.45, 2.75) is 51.9 Å². The van der Waals surface area contributed by atoms with Crippen LogP contribution in [0.1, 0.15) is 45.0 Å². The molecule has 0 saturated carbocycles. The molecular weight excluding hydrogens is 338 g/mol. The molecule has 0 unspecified atom stereocenters. The van der Waals surface area contributed by atoms with Crippen LogP contribution >= 0.6 is 11.6 Å². The minimum absolute atomic E-state index is 0.0105. The lowest BCUT2D eigenvalue weighted by atomic mass is 9.78. The van der Waals surface area contributed by atoms with Crippen LogP contribution in [0.15, 0.2) is 18.2 Å². The van der Waals surface area contributed by atoms with E-state index < -0.39 is 18.3 Å². The van der Waals surface area contributed by atoms with Crippen molar-refractivity contribution in [3.63, 3.8) is 0 Å². The third-order valence-corrected chi connectivity index (χ3v) is 5.84. The summed E-state index contributed by atoms with van der Waals surface area (Å²) in [4.78, 5) is 14.7. The summed E-state index contributed by atoms with van der Waals surface area (Å²) in [5, 5.41) is 3.78. The summed E-state index contributed by atoms with van der Waals surface area (Å²) in [6.07, 6.45) is 0. The first-order chi connectivity index (χ1) is 11.6. The number of hydrogen-bond acceptors (Lipinski definition) is 4. The van der Waals surface area contributed by atoms with Crippen molar-refractivity contribution in [1.82, 2.24) is 10.2 Å². The quantitative estimate of drug-likeness (QED) is 0.816. The molecule has 5 nitrogen and oxygen atoms in total. The predicted molar refractivity (Wildman–Crippen MR) is 101 cm³/mol. The lowest BCUT2D eigenvalue weighted by Crippen LogP contribution is -2.52. The SMILES string of the molecule is C[C@@H]1CNCCN1C(=O)c1ccc(B2OC(C)(C)C(C)(C)O2)c(Cl)c1. The first-order valence-corrected chi connectivity index (χ1v) is 9.17. The Labute approximate surface area is 155 Å². The van der Waals surface area contributed by atoms with Crippen LogP contribution in [0.4, 0.5) is 0 Å². The molecule has 1 amide bonds. The fourth-order valence-corrected chi connectivity index (χ4v) is 3.40. The summed E-state index contributed by atoms with van der Waals surface area (Å²) in [5.74, 6) is 0.0105. The van der Waals surface area contributed by atoms with Crippen LogP contribution in [0.3, 0.4) is 0 Å². The van der Waals surface area contributed by atoms with Crippen LogP contribution in [0.5, 0.6) is 0 Å². The molecule has 1 aromatic carbocycles. The Kier molecular flexibility index (Phi) is 4.92. The van der Waals surface area contributed by atoms with Gasteiger partial charge in [-0.3, -0.25) is 4.79 Å². The number of amides is 1. The standard InChI is InChI=1S/C18H26BClN2O3/c1-12-11-21-8-9-22(12)16(23)13-6-7-14(15(20)10-13)19-24-17(2,3)18(4,5)25-19/h6-7,10,12,21H,8-9,11H2,1-5H3/t12-/m1/s1. The minimum atomic E-state index is -0.528. The molecule has 2 heterocycles. The zero-order chi connectivity index (χ0) is 18.4. The summed E-state index contributed by atoms with van der Waals surface area (Å²) in [7, 11) is -0.528. The van der Waals surface area contributed by atoms with E-state index in [9.17, 15) is 4.79 Å². The lowest BCUT2D eigenvalue weighted by Gasteiger charge is -2.34. The zero-order valence-corrected chi connectivity index (χ0v) is 16.3. The predicted octanol–water partition coefficient (Wildman–Crippen LogP) is 2.07. The molecule has 25 heavy (non-hydrogen) atoms. The van der Waals surface area contributed by atoms with Gasteiger partial charge in [0.25, 0.3) is 5.91 Å². The number of benzene rings is 1. The van der Waals surface area contributed by atoms with Crippen molar-refractivity contribution in [2.75, 3.05) is 19.6 Å². The smallest absolute Gasteiger partial charge is 0.399 e. The van der Waals surface area contributed by atoms with Crippen molar-refractivity contribution in [2.24, 2.45) is 0 Å². The Morgan fingerprint density at radius 3 is 2.48 bits per heavy atom. The number of halogens is 1. The van der Waals surface area contributed by atoms with Gasteiger partial charge >= 0.3 is 7.12 Å². The van der Waals surface area contributed by atoms with Gasteiger partial charge in [0.1, 0.15) is 0 Å². The van der Waals surface area contributed by atoms with E-state index in [0.29, 0.717) is 17.1 Å². The van der Waals surface area contributed by atoms with Gasteiger partial charge in [0.05, 0.1) is 11.2 Å². The van der Waals surface area contributed by atoms with E-state index in [-0.39, 0.29) is 11.9 Å². The number of piperazine rings is 1. The van der Waals surface area contributed by atoms with E-state index in [0.717, 1.165) is 18.6 Å². The second kappa shape index (κ2) is 6.58. The fraction of sp³-hybridized carbons (Fsp3) is 0.611. The Morgan fingerprint density at radius 2 is 1.92 bits per heavy atom. The Balaban J connectivity index is 1.81. The normalized spacial score (nSPS) is 25.3. The molecule has 0 radical (unpaired) electrons. The average molecular weight is 365 g/mol. The molecule has 7 heteroatoms. The van der Waals surface area contributed by atoms with Gasteiger partial charge < -0.3 is 19.5 Å². The Morgan fingerprint density at radius 1 is 1.28 bits per heavy atom. The van der Waals surface area contributed by atoms with Crippen LogP contribution in [0, 0.1) is 0 Å². The van der Waals surface area contributed by atoms with Crippen LogP contribution in [0.25, 0.3) is 0 Å². The van der Waals surface area contributed by atoms with E-state index in [1.165, 1.54) is 0 Å². The van der Waals surface area contributed by atoms with E-state index in [1.807, 2.05) is 51.7 Å². The second-order valence-corrected chi connectivity index (χ2v) is 8.28. The summed E-state index contributed by atoms with van der Waals surface area (Å²) < 4.78 is 12.1. The van der Waals surface area contributed by atoms with Crippen molar-refractivity contribution in [3.05, 3.63) is 28.8 Å². The van der Waals surface area contributed by atoms with Crippen LogP contribution in [-0.2, 0) is 9.31 Å². The van der Waals surface area contributed by atoms with Gasteiger partial charge in [-0.1, -0.05) is 17.7 Å². The topological polar surface area (TPSA) is 50.8 Å². The number of carbonyl (C=O) groups excluding carboxylic acids is 1. The third kappa shape index (κ3) is 3.45. The van der Waals surface area contributed by atoms with Gasteiger partial charge in [0.2, 0.25) is 0 Å². The van der Waals surface area contributed by atoms with Crippen LogP contribution in [0.2, 0.25) is 5.02 Å². The average Bonchev–Trinajstić information content (AvgIpc) is 2.75. The van der Waals surface area contributed by atoms with Gasteiger partial charge in [0.15, 0.2) is 0 Å². The number of nitrogens with one attached hydrogen (secondary N) is 1. The minimum Gasteiger partial charge on any atom is -0.399 e. The van der Waals surface area contributed by atoms with Gasteiger partial charge in [-0.05, 0) is 46.8 Å². The van der Waals surface area contributed by atoms with E-state index >= 15 is 0 Å². The molecule has 1 aromatic rings. The molecule has 2 saturated heterocycles. The number of rotatable bonds is 2. The van der Waals surface area contributed by atoms with Crippen LogP contribution < -0.4 is 10.8 Å². The highest BCUT2D eigenvalue weighted by molar-refractivity contribution is 6.65. The van der Waals surface area contributed by atoms with Crippen LogP contribution in [-0.4, -0.2) is 54.8 Å². The van der Waals surface area contributed by atoms with E-state index in [2.05, 4.69) is 5.32 Å². The second-order valence-electron chi connectivity index (χ2n) is 7.88. The Hall–Kier alpha value is -1.08. The molecular formula is C18H26BClN2O3. The van der Waals surface area contributed by atoms with Gasteiger partial charge in [0, 0.05) is 41.7 Å². The summed E-state index contributed by atoms with van der Waals surface area (Å²) in [6, 6.07) is 5.54. The molecule has 0 spiro atoms. The molecule has 2 aliphatic heterocycles. The summed E-state index contributed by atoms with van der Waals surface area (Å²) in [6.45, 7) is 12.4. The molecule has 0 bridgehead atoms. The molecule has 2 aliphatic rings. The van der Waals surface area contributed by atoms with Gasteiger partial charge in [-0.2, -0.15) is 0 Å². The van der Waals surface area contributed by atoms with Gasteiger partial charge in [-0.15, -0.1) is 0 Å². The fourth-order valence-electron chi connectivity index (χ4n) is 3.13. The number of nitrogens with zero attached hydrogens (tertiary/aromatic N) is 1. The number of hydrogen-bond donors (Lipinski definition) is 1. The van der Waals surface area contributed by atoms with Crippen molar-refractivity contribution >= 4 is 30.1 Å². The molecule has 1 N–H and O–H groups in total. The summed E-state index contributed by atoms with van der Waals surface area (Å²) >= 11 is 6.47. The van der Waals surface area contributed by atoms with Gasteiger partial charge in [-0.25, -0.2) is 0 Å². The molecule has 1 atom stereocenters. The third-order valence-electron chi connectivity index (χ3n) is 5.52. The molecule has 2 fully saturated rings. The highest BCUT2D eigenvalue weighted by Gasteiger charge is 2.52. The first kappa shape index (κ1) is 18.7. The Bertz CT molecular complexity index is 664. The lowest BCUT2D eigenvalue weighted by molar-refractivity contribution is 0.00578. The molecule has 0 aliphatic carbocycles. The maximum absolute atomic E-state index is 12.8. The molecule has 3 rings (SSSR count). The molecule has 136 valence electrons. The summed E-state index contributed by atoms with van der Waals surface area (Å²) in [5.41, 5.74) is 0.501. The first-order valence-electron chi connectivity index (χ1n) is 8.79. The van der Waals surface area contributed by atoms with Crippen molar-refractivity contribution in [3.8, 4) is 0 Å². The van der Waals surface area contributed by atoms with Crippen molar-refractivity contribution < 1.29 is 14.1 Å². The zero-order valence-electron chi connectivity index (χ0n) is 15.6. The van der Waals surface area contributed by atoms with E-state index in [1.54, 1.807) is 6.07 Å². The maximum Gasteiger partial charge on any atom is 0.496 e. The highest BCUT2D eigenvalue weighted by atomic mass is 35.5. The van der Waals surface area contributed by atoms with E-state index in [4.69, 9.17) is 20.9 Å². The molecule has 0 aromatic heterocycles.